The number of urea groups is 1. The van der Waals surface area contributed by atoms with Crippen molar-refractivity contribution in [1.29, 1.82) is 0 Å². The summed E-state index contributed by atoms with van der Waals surface area (Å²) in [6, 6.07) is 3.22. The van der Waals surface area contributed by atoms with Gasteiger partial charge in [-0.3, -0.25) is 24.4 Å². The Hall–Kier alpha value is -2.40. The Morgan fingerprint density at radius 1 is 1.16 bits per heavy atom. The summed E-state index contributed by atoms with van der Waals surface area (Å²) in [6.45, 7) is 4.45. The molecule has 172 valence electrons. The van der Waals surface area contributed by atoms with Gasteiger partial charge in [-0.05, 0) is 17.1 Å². The monoisotopic (exact) mass is 465 g/mol. The summed E-state index contributed by atoms with van der Waals surface area (Å²) in [5.74, 6) is 0.0914. The lowest BCUT2D eigenvalue weighted by Gasteiger charge is -2.33. The summed E-state index contributed by atoms with van der Waals surface area (Å²) in [6.07, 6.45) is 0. The zero-order valence-corrected chi connectivity index (χ0v) is 18.9. The lowest BCUT2D eigenvalue weighted by Crippen LogP contribution is -2.61. The van der Waals surface area contributed by atoms with Crippen LogP contribution in [0.5, 0.6) is 0 Å². The zero-order valence-electron chi connectivity index (χ0n) is 18.2. The fourth-order valence-corrected chi connectivity index (χ4v) is 4.55. The second-order valence-electron chi connectivity index (χ2n) is 8.20. The number of halogens is 2. The van der Waals surface area contributed by atoms with E-state index in [9.17, 15) is 14.0 Å². The number of piperazine rings is 1. The summed E-state index contributed by atoms with van der Waals surface area (Å²) in [5.41, 5.74) is 0.283. The van der Waals surface area contributed by atoms with Crippen LogP contribution in [-0.2, 0) is 11.3 Å². The number of rotatable bonds is 6. The number of benzene rings is 1. The van der Waals surface area contributed by atoms with Gasteiger partial charge in [-0.25, -0.2) is 13.8 Å². The van der Waals surface area contributed by atoms with E-state index >= 15 is 0 Å². The van der Waals surface area contributed by atoms with Crippen molar-refractivity contribution in [2.45, 2.75) is 12.6 Å². The molecule has 3 heterocycles. The summed E-state index contributed by atoms with van der Waals surface area (Å²) < 4.78 is 16.3. The summed E-state index contributed by atoms with van der Waals surface area (Å²) in [5, 5.41) is 9.43. The van der Waals surface area contributed by atoms with Crippen LogP contribution in [0.1, 0.15) is 5.56 Å². The number of nitrogens with zero attached hydrogens (tertiary/aromatic N) is 6. The van der Waals surface area contributed by atoms with E-state index in [2.05, 4.69) is 14.8 Å². The maximum absolute atomic E-state index is 14.6. The van der Waals surface area contributed by atoms with Gasteiger partial charge in [0, 0.05) is 52.4 Å². The van der Waals surface area contributed by atoms with Crippen LogP contribution in [0.25, 0.3) is 0 Å². The third-order valence-electron chi connectivity index (χ3n) is 6.25. The second kappa shape index (κ2) is 9.22. The Labute approximate surface area is 191 Å². The molecule has 0 radical (unpaired) electrons. The molecule has 0 aliphatic carbocycles. The Morgan fingerprint density at radius 3 is 2.50 bits per heavy atom. The molecule has 0 aromatic heterocycles. The minimum absolute atomic E-state index is 0.0601. The third kappa shape index (κ3) is 4.15. The predicted octanol–water partition coefficient (Wildman–Crippen LogP) is 0.305. The summed E-state index contributed by atoms with van der Waals surface area (Å²) >= 11 is 6.28. The van der Waals surface area contributed by atoms with Gasteiger partial charge in [-0.15, -0.1) is 0 Å². The van der Waals surface area contributed by atoms with Crippen LogP contribution in [0.2, 0.25) is 5.02 Å². The van der Waals surface area contributed by atoms with E-state index in [1.54, 1.807) is 17.7 Å². The van der Waals surface area contributed by atoms with Crippen LogP contribution in [-0.4, -0.2) is 119 Å². The van der Waals surface area contributed by atoms with Crippen molar-refractivity contribution in [1.82, 2.24) is 19.6 Å². The molecule has 1 aromatic carbocycles. The van der Waals surface area contributed by atoms with Gasteiger partial charge in [0.2, 0.25) is 0 Å². The van der Waals surface area contributed by atoms with E-state index in [0.717, 1.165) is 31.1 Å². The summed E-state index contributed by atoms with van der Waals surface area (Å²) in [7, 11) is 3.02. The molecule has 1 aromatic rings. The number of carbonyl (C=O) groups excluding carboxylic acids is 2. The first-order valence-corrected chi connectivity index (χ1v) is 10.9. The molecule has 32 heavy (non-hydrogen) atoms. The highest BCUT2D eigenvalue weighted by Crippen LogP contribution is 2.25. The van der Waals surface area contributed by atoms with Crippen molar-refractivity contribution in [3.8, 4) is 0 Å². The number of amides is 3. The first kappa shape index (κ1) is 22.8. The molecule has 3 amide bonds. The van der Waals surface area contributed by atoms with E-state index in [0.29, 0.717) is 24.8 Å². The van der Waals surface area contributed by atoms with Crippen molar-refractivity contribution in [2.75, 3.05) is 60.0 Å². The van der Waals surface area contributed by atoms with Gasteiger partial charge in [0.25, 0.3) is 17.8 Å². The lowest BCUT2D eigenvalue weighted by atomic mass is 10.1. The largest absolute Gasteiger partial charge is 0.395 e. The topological polar surface area (TPSA) is 82.7 Å². The van der Waals surface area contributed by atoms with E-state index in [-0.39, 0.29) is 23.7 Å². The van der Waals surface area contributed by atoms with Gasteiger partial charge in [0.05, 0.1) is 11.6 Å². The SMILES string of the molecule is CN1C(=O)C2C(=NC(CN3CCN(CCO)CC3)=[N+]2Cc2c(F)cccc2Cl)N(C)C1=O. The van der Waals surface area contributed by atoms with Gasteiger partial charge < -0.3 is 5.11 Å². The minimum atomic E-state index is -0.816. The number of hydrogen-bond donors (Lipinski definition) is 1. The zero-order chi connectivity index (χ0) is 23.0. The van der Waals surface area contributed by atoms with Crippen LogP contribution < -0.4 is 0 Å². The van der Waals surface area contributed by atoms with Gasteiger partial charge >= 0.3 is 11.9 Å². The highest BCUT2D eigenvalue weighted by molar-refractivity contribution is 6.31. The predicted molar refractivity (Wildman–Crippen MR) is 117 cm³/mol. The maximum atomic E-state index is 14.6. The molecule has 1 N–H and O–H groups in total. The first-order chi connectivity index (χ1) is 15.3. The van der Waals surface area contributed by atoms with Crippen LogP contribution in [0.3, 0.4) is 0 Å². The molecule has 0 bridgehead atoms. The number of aliphatic hydroxyl groups excluding tert-OH is 1. The number of fused-ring (bicyclic) bond motifs is 1. The number of aliphatic imine (C=N–C) groups is 1. The number of aliphatic hydroxyl groups is 1. The number of hydrogen-bond acceptors (Lipinski definition) is 6. The Balaban J connectivity index is 1.66. The molecule has 0 saturated carbocycles. The fourth-order valence-electron chi connectivity index (χ4n) is 4.32. The number of carbonyl (C=O) groups is 2. The Bertz CT molecular complexity index is 971. The van der Waals surface area contributed by atoms with Gasteiger partial charge in [0.1, 0.15) is 18.9 Å². The maximum Gasteiger partial charge on any atom is 0.333 e. The molecule has 4 rings (SSSR count). The minimum Gasteiger partial charge on any atom is -0.395 e. The average molecular weight is 466 g/mol. The summed E-state index contributed by atoms with van der Waals surface area (Å²) in [4.78, 5) is 37.0. The van der Waals surface area contributed by atoms with Crippen LogP contribution >= 0.6 is 11.6 Å². The fraction of sp³-hybridized carbons (Fsp3) is 0.524. The third-order valence-corrected chi connectivity index (χ3v) is 6.60. The molecular formula is C21H27ClFN6O3+. The highest BCUT2D eigenvalue weighted by Gasteiger charge is 2.53. The van der Waals surface area contributed by atoms with Gasteiger partial charge in [0.15, 0.2) is 0 Å². The molecule has 0 spiro atoms. The van der Waals surface area contributed by atoms with Crippen LogP contribution in [0.4, 0.5) is 9.18 Å². The van der Waals surface area contributed by atoms with E-state index in [1.807, 2.05) is 0 Å². The van der Waals surface area contributed by atoms with E-state index in [4.69, 9.17) is 16.7 Å². The molecule has 11 heteroatoms. The molecule has 9 nitrogen and oxygen atoms in total. The quantitative estimate of drug-likeness (QED) is 0.611. The van der Waals surface area contributed by atoms with Crippen LogP contribution in [0.15, 0.2) is 23.2 Å². The van der Waals surface area contributed by atoms with E-state index < -0.39 is 23.8 Å². The van der Waals surface area contributed by atoms with Crippen LogP contribution in [0, 0.1) is 5.82 Å². The molecule has 1 atom stereocenters. The Morgan fingerprint density at radius 2 is 1.84 bits per heavy atom. The number of imide groups is 1. The molecule has 2 fully saturated rings. The number of likely N-dealkylation sites (N-methyl/N-ethyl adjacent to an activating group) is 2. The van der Waals surface area contributed by atoms with Crippen molar-refractivity contribution in [2.24, 2.45) is 4.99 Å². The first-order valence-electron chi connectivity index (χ1n) is 10.6. The molecule has 2 saturated heterocycles. The molecule has 3 aliphatic heterocycles. The van der Waals surface area contributed by atoms with E-state index in [1.165, 1.54) is 24.1 Å². The van der Waals surface area contributed by atoms with Gasteiger partial charge in [-0.2, -0.15) is 0 Å². The van der Waals surface area contributed by atoms with Crippen molar-refractivity contribution in [3.05, 3.63) is 34.6 Å². The van der Waals surface area contributed by atoms with Crippen molar-refractivity contribution >= 4 is 35.2 Å². The van der Waals surface area contributed by atoms with Crippen molar-refractivity contribution in [3.63, 3.8) is 0 Å². The number of β-amino-alcohol motifs (C(OH)–C–C–N with tert-alkyl or cyclic N) is 1. The smallest absolute Gasteiger partial charge is 0.333 e. The molecular weight excluding hydrogens is 439 g/mol. The lowest BCUT2D eigenvalue weighted by molar-refractivity contribution is -0.552. The highest BCUT2D eigenvalue weighted by atomic mass is 35.5. The standard InChI is InChI=1S/C21H27ClFN6O3/c1-25-19-18(20(31)26(2)21(25)32)29(12-14-15(22)4-3-5-16(14)23)17(24-19)13-28-8-6-27(7-9-28)10-11-30/h3-5,18,30H,6-13H2,1-2H3/q+1. The van der Waals surface area contributed by atoms with Gasteiger partial charge in [-0.1, -0.05) is 17.7 Å². The Kier molecular flexibility index (Phi) is 6.57. The molecule has 3 aliphatic rings. The number of amidine groups is 2. The molecule has 1 unspecified atom stereocenters. The van der Waals surface area contributed by atoms with Crippen molar-refractivity contribution < 1.29 is 23.7 Å². The normalized spacial score (nSPS) is 22.7. The second-order valence-corrected chi connectivity index (χ2v) is 8.60. The average Bonchev–Trinajstić information content (AvgIpc) is 3.13.